The van der Waals surface area contributed by atoms with Crippen molar-refractivity contribution in [2.75, 3.05) is 0 Å². The van der Waals surface area contributed by atoms with Crippen LogP contribution in [0.2, 0.25) is 0 Å². The standard InChI is InChI=1S/C15H22O4/c1-10(2)13(16)18-12-6-8-15(5,9-7-12)19-14(17)11(3)4/h12H,1,3,6-9H2,2,4-5H3. The summed E-state index contributed by atoms with van der Waals surface area (Å²) in [6.45, 7) is 12.3. The summed E-state index contributed by atoms with van der Waals surface area (Å²) in [5.41, 5.74) is 0.321. The van der Waals surface area contributed by atoms with E-state index in [1.165, 1.54) is 0 Å². The Hall–Kier alpha value is -1.58. The van der Waals surface area contributed by atoms with Crippen LogP contribution < -0.4 is 0 Å². The van der Waals surface area contributed by atoms with Crippen LogP contribution in [0.3, 0.4) is 0 Å². The van der Waals surface area contributed by atoms with Crippen LogP contribution in [-0.4, -0.2) is 23.6 Å². The predicted octanol–water partition coefficient (Wildman–Crippen LogP) is 2.93. The van der Waals surface area contributed by atoms with E-state index in [9.17, 15) is 9.59 Å². The zero-order valence-corrected chi connectivity index (χ0v) is 12.0. The van der Waals surface area contributed by atoms with E-state index in [1.54, 1.807) is 13.8 Å². The van der Waals surface area contributed by atoms with Gasteiger partial charge in [-0.2, -0.15) is 0 Å². The van der Waals surface area contributed by atoms with E-state index in [0.29, 0.717) is 36.8 Å². The second-order valence-electron chi connectivity index (χ2n) is 5.50. The molecule has 4 heteroatoms. The van der Waals surface area contributed by atoms with Crippen LogP contribution in [0.15, 0.2) is 24.3 Å². The second kappa shape index (κ2) is 6.04. The normalized spacial score (nSPS) is 26.4. The lowest BCUT2D eigenvalue weighted by molar-refractivity contribution is -0.163. The number of carbonyl (C=O) groups is 2. The minimum atomic E-state index is -0.484. The third-order valence-corrected chi connectivity index (χ3v) is 3.30. The van der Waals surface area contributed by atoms with Gasteiger partial charge < -0.3 is 9.47 Å². The molecule has 0 radical (unpaired) electrons. The predicted molar refractivity (Wildman–Crippen MR) is 72.5 cm³/mol. The first-order valence-electron chi connectivity index (χ1n) is 6.49. The molecule has 0 N–H and O–H groups in total. The molecule has 1 saturated carbocycles. The number of carbonyl (C=O) groups excluding carboxylic acids is 2. The third-order valence-electron chi connectivity index (χ3n) is 3.30. The first-order valence-corrected chi connectivity index (χ1v) is 6.49. The van der Waals surface area contributed by atoms with Gasteiger partial charge in [0.25, 0.3) is 0 Å². The Morgan fingerprint density at radius 2 is 1.53 bits per heavy atom. The highest BCUT2D eigenvalue weighted by atomic mass is 16.6. The van der Waals surface area contributed by atoms with Crippen molar-refractivity contribution < 1.29 is 19.1 Å². The van der Waals surface area contributed by atoms with Gasteiger partial charge in [-0.15, -0.1) is 0 Å². The summed E-state index contributed by atoms with van der Waals surface area (Å²) >= 11 is 0. The molecule has 0 aliphatic heterocycles. The summed E-state index contributed by atoms with van der Waals surface area (Å²) in [7, 11) is 0. The molecular formula is C15H22O4. The van der Waals surface area contributed by atoms with Crippen LogP contribution in [0.4, 0.5) is 0 Å². The van der Waals surface area contributed by atoms with Crippen molar-refractivity contribution in [2.24, 2.45) is 0 Å². The number of rotatable bonds is 4. The van der Waals surface area contributed by atoms with Crippen LogP contribution in [0.1, 0.15) is 46.5 Å². The molecule has 0 amide bonds. The van der Waals surface area contributed by atoms with Crippen LogP contribution in [0.5, 0.6) is 0 Å². The van der Waals surface area contributed by atoms with Gasteiger partial charge in [-0.25, -0.2) is 9.59 Å². The number of hydrogen-bond acceptors (Lipinski definition) is 4. The highest BCUT2D eigenvalue weighted by Gasteiger charge is 2.35. The van der Waals surface area contributed by atoms with Crippen molar-refractivity contribution in [3.63, 3.8) is 0 Å². The molecule has 0 aromatic heterocycles. The van der Waals surface area contributed by atoms with Gasteiger partial charge in [0.15, 0.2) is 0 Å². The maximum Gasteiger partial charge on any atom is 0.333 e. The fourth-order valence-corrected chi connectivity index (χ4v) is 1.98. The van der Waals surface area contributed by atoms with E-state index in [0.717, 1.165) is 0 Å². The summed E-state index contributed by atoms with van der Waals surface area (Å²) in [5, 5.41) is 0. The zero-order chi connectivity index (χ0) is 14.6. The Morgan fingerprint density at radius 1 is 1.05 bits per heavy atom. The molecule has 1 aliphatic rings. The first kappa shape index (κ1) is 15.5. The Kier molecular flexibility index (Phi) is 4.92. The Morgan fingerprint density at radius 3 is 1.95 bits per heavy atom. The van der Waals surface area contributed by atoms with Crippen LogP contribution >= 0.6 is 0 Å². The maximum absolute atomic E-state index is 11.5. The topological polar surface area (TPSA) is 52.6 Å². The van der Waals surface area contributed by atoms with Crippen molar-refractivity contribution in [3.05, 3.63) is 24.3 Å². The number of hydrogen-bond donors (Lipinski definition) is 0. The van der Waals surface area contributed by atoms with Gasteiger partial charge in [-0.1, -0.05) is 13.2 Å². The smallest absolute Gasteiger partial charge is 0.333 e. The summed E-state index contributed by atoms with van der Waals surface area (Å²) in [5.74, 6) is -0.715. The van der Waals surface area contributed by atoms with Gasteiger partial charge in [-0.3, -0.25) is 0 Å². The van der Waals surface area contributed by atoms with Gasteiger partial charge >= 0.3 is 11.9 Å². The fraction of sp³-hybridized carbons (Fsp3) is 0.600. The van der Waals surface area contributed by atoms with E-state index < -0.39 is 5.60 Å². The van der Waals surface area contributed by atoms with Gasteiger partial charge in [0, 0.05) is 11.1 Å². The first-order chi connectivity index (χ1) is 8.73. The van der Waals surface area contributed by atoms with Crippen LogP contribution in [0.25, 0.3) is 0 Å². The Balaban J connectivity index is 2.47. The zero-order valence-electron chi connectivity index (χ0n) is 12.0. The molecule has 0 unspecified atom stereocenters. The molecule has 1 aliphatic carbocycles. The molecule has 19 heavy (non-hydrogen) atoms. The van der Waals surface area contributed by atoms with E-state index >= 15 is 0 Å². The maximum atomic E-state index is 11.5. The molecule has 106 valence electrons. The number of esters is 2. The highest BCUT2D eigenvalue weighted by Crippen LogP contribution is 2.33. The molecule has 1 fully saturated rings. The number of ether oxygens (including phenoxy) is 2. The van der Waals surface area contributed by atoms with Crippen molar-refractivity contribution in [2.45, 2.75) is 58.2 Å². The van der Waals surface area contributed by atoms with Gasteiger partial charge in [0.05, 0.1) is 0 Å². The third kappa shape index (κ3) is 4.54. The lowest BCUT2D eigenvalue weighted by Gasteiger charge is -2.36. The van der Waals surface area contributed by atoms with Crippen molar-refractivity contribution in [3.8, 4) is 0 Å². The summed E-state index contributed by atoms with van der Waals surface area (Å²) in [6.07, 6.45) is 2.64. The molecule has 1 rings (SSSR count). The average molecular weight is 266 g/mol. The molecule has 0 aromatic carbocycles. The highest BCUT2D eigenvalue weighted by molar-refractivity contribution is 5.87. The fourth-order valence-electron chi connectivity index (χ4n) is 1.98. The van der Waals surface area contributed by atoms with Gasteiger partial charge in [0.2, 0.25) is 0 Å². The lowest BCUT2D eigenvalue weighted by atomic mass is 9.84. The molecule has 0 aromatic rings. The van der Waals surface area contributed by atoms with Gasteiger partial charge in [0.1, 0.15) is 11.7 Å². The minimum absolute atomic E-state index is 0.110. The van der Waals surface area contributed by atoms with Crippen molar-refractivity contribution in [1.82, 2.24) is 0 Å². The molecule has 0 saturated heterocycles. The Bertz CT molecular complexity index is 400. The summed E-state index contributed by atoms with van der Waals surface area (Å²) in [6, 6.07) is 0. The molecule has 0 bridgehead atoms. The SMILES string of the molecule is C=C(C)C(=O)OC1CCC(C)(OC(=O)C(=C)C)CC1. The minimum Gasteiger partial charge on any atom is -0.459 e. The van der Waals surface area contributed by atoms with E-state index in [4.69, 9.17) is 9.47 Å². The monoisotopic (exact) mass is 266 g/mol. The van der Waals surface area contributed by atoms with Crippen LogP contribution in [0, 0.1) is 0 Å². The largest absolute Gasteiger partial charge is 0.459 e. The Labute approximate surface area is 114 Å². The van der Waals surface area contributed by atoms with E-state index in [1.807, 2.05) is 6.92 Å². The molecular weight excluding hydrogens is 244 g/mol. The molecule has 0 atom stereocenters. The van der Waals surface area contributed by atoms with Crippen molar-refractivity contribution in [1.29, 1.82) is 0 Å². The quantitative estimate of drug-likeness (QED) is 0.580. The molecule has 4 nitrogen and oxygen atoms in total. The second-order valence-corrected chi connectivity index (χ2v) is 5.50. The summed E-state index contributed by atoms with van der Waals surface area (Å²) < 4.78 is 10.7. The average Bonchev–Trinajstić information content (AvgIpc) is 2.31. The summed E-state index contributed by atoms with van der Waals surface area (Å²) in [4.78, 5) is 23.0. The molecule has 0 spiro atoms. The van der Waals surface area contributed by atoms with Crippen LogP contribution in [-0.2, 0) is 19.1 Å². The van der Waals surface area contributed by atoms with E-state index in [-0.39, 0.29) is 18.0 Å². The lowest BCUT2D eigenvalue weighted by Crippen LogP contribution is -2.39. The van der Waals surface area contributed by atoms with Gasteiger partial charge in [-0.05, 0) is 46.5 Å². The molecule has 0 heterocycles. The van der Waals surface area contributed by atoms with E-state index in [2.05, 4.69) is 13.2 Å². The van der Waals surface area contributed by atoms with Crippen molar-refractivity contribution >= 4 is 11.9 Å².